The van der Waals surface area contributed by atoms with Crippen molar-refractivity contribution in [3.05, 3.63) is 71.8 Å². The van der Waals surface area contributed by atoms with Crippen LogP contribution in [0, 0.1) is 0 Å². The molecule has 4 nitrogen and oxygen atoms in total. The molecule has 1 fully saturated rings. The molecule has 2 aromatic carbocycles. The highest BCUT2D eigenvalue weighted by molar-refractivity contribution is 14.0. The van der Waals surface area contributed by atoms with Crippen LogP contribution < -0.4 is 5.32 Å². The first kappa shape index (κ1) is 21.7. The molecule has 27 heavy (non-hydrogen) atoms. The molecule has 2 aromatic rings. The fraction of sp³-hybridized carbons (Fsp3) is 0.409. The third-order valence-electron chi connectivity index (χ3n) is 5.23. The van der Waals surface area contributed by atoms with E-state index in [0.717, 1.165) is 25.6 Å². The van der Waals surface area contributed by atoms with Crippen molar-refractivity contribution in [2.24, 2.45) is 4.99 Å². The van der Waals surface area contributed by atoms with Crippen LogP contribution in [0.25, 0.3) is 0 Å². The topological polar surface area (TPSA) is 30.9 Å². The molecule has 2 atom stereocenters. The Morgan fingerprint density at radius 1 is 1.11 bits per heavy atom. The Morgan fingerprint density at radius 2 is 1.74 bits per heavy atom. The van der Waals surface area contributed by atoms with E-state index in [9.17, 15) is 0 Å². The first-order valence-corrected chi connectivity index (χ1v) is 9.41. The fourth-order valence-electron chi connectivity index (χ4n) is 3.74. The summed E-state index contributed by atoms with van der Waals surface area (Å²) in [7, 11) is 6.14. The molecule has 3 rings (SSSR count). The lowest BCUT2D eigenvalue weighted by atomic mass is 9.99. The minimum atomic E-state index is 0. The maximum atomic E-state index is 4.54. The molecule has 0 aromatic heterocycles. The van der Waals surface area contributed by atoms with E-state index in [1.807, 2.05) is 7.05 Å². The molecule has 0 spiro atoms. The van der Waals surface area contributed by atoms with Crippen molar-refractivity contribution in [1.29, 1.82) is 0 Å². The van der Waals surface area contributed by atoms with Gasteiger partial charge in [0.25, 0.3) is 0 Å². The molecule has 0 aliphatic carbocycles. The summed E-state index contributed by atoms with van der Waals surface area (Å²) in [6.07, 6.45) is 1.18. The predicted molar refractivity (Wildman–Crippen MR) is 125 cm³/mol. The van der Waals surface area contributed by atoms with Crippen LogP contribution in [-0.4, -0.2) is 56.5 Å². The van der Waals surface area contributed by atoms with Gasteiger partial charge in [-0.2, -0.15) is 0 Å². The summed E-state index contributed by atoms with van der Waals surface area (Å²) in [5, 5.41) is 3.60. The summed E-state index contributed by atoms with van der Waals surface area (Å²) < 4.78 is 0. The van der Waals surface area contributed by atoms with Gasteiger partial charge in [0.1, 0.15) is 0 Å². The number of hydrogen-bond donors (Lipinski definition) is 1. The molecule has 1 aliphatic rings. The van der Waals surface area contributed by atoms with E-state index >= 15 is 0 Å². The number of hydrogen-bond acceptors (Lipinski definition) is 2. The van der Waals surface area contributed by atoms with Crippen LogP contribution in [0.2, 0.25) is 0 Å². The van der Waals surface area contributed by atoms with Crippen LogP contribution in [0.1, 0.15) is 29.5 Å². The lowest BCUT2D eigenvalue weighted by Gasteiger charge is -2.28. The molecule has 1 saturated heterocycles. The van der Waals surface area contributed by atoms with Crippen LogP contribution in [0.4, 0.5) is 0 Å². The van der Waals surface area contributed by atoms with Gasteiger partial charge in [-0.15, -0.1) is 24.0 Å². The molecule has 2 unspecified atom stereocenters. The van der Waals surface area contributed by atoms with Gasteiger partial charge in [-0.3, -0.25) is 4.99 Å². The molecule has 5 heteroatoms. The summed E-state index contributed by atoms with van der Waals surface area (Å²) in [4.78, 5) is 9.18. The van der Waals surface area contributed by atoms with Crippen molar-refractivity contribution >= 4 is 29.9 Å². The van der Waals surface area contributed by atoms with Gasteiger partial charge < -0.3 is 15.1 Å². The van der Waals surface area contributed by atoms with Crippen molar-refractivity contribution in [1.82, 2.24) is 15.1 Å². The highest BCUT2D eigenvalue weighted by Crippen LogP contribution is 2.27. The summed E-state index contributed by atoms with van der Waals surface area (Å²) in [6.45, 7) is 2.93. The van der Waals surface area contributed by atoms with E-state index in [0.29, 0.717) is 12.0 Å². The Hall–Kier alpha value is -1.60. The summed E-state index contributed by atoms with van der Waals surface area (Å²) >= 11 is 0. The number of benzene rings is 2. The SMILES string of the molecule is CN=C(NCC(c1ccccc1)N(C)C)N1CCC(c2ccccc2)C1.I. The van der Waals surface area contributed by atoms with Crippen molar-refractivity contribution in [2.45, 2.75) is 18.4 Å². The quantitative estimate of drug-likeness (QED) is 0.401. The molecule has 146 valence electrons. The number of nitrogens with one attached hydrogen (secondary N) is 1. The largest absolute Gasteiger partial charge is 0.354 e. The monoisotopic (exact) mass is 478 g/mol. The smallest absolute Gasteiger partial charge is 0.193 e. The van der Waals surface area contributed by atoms with Gasteiger partial charge in [-0.25, -0.2) is 0 Å². The van der Waals surface area contributed by atoms with E-state index in [2.05, 4.69) is 94.9 Å². The van der Waals surface area contributed by atoms with Gasteiger partial charge in [0.2, 0.25) is 0 Å². The van der Waals surface area contributed by atoms with E-state index in [1.165, 1.54) is 17.5 Å². The highest BCUT2D eigenvalue weighted by Gasteiger charge is 2.26. The molecule has 0 amide bonds. The number of halogens is 1. The van der Waals surface area contributed by atoms with Crippen molar-refractivity contribution in [3.8, 4) is 0 Å². The molecule has 0 saturated carbocycles. The second-order valence-corrected chi connectivity index (χ2v) is 7.16. The van der Waals surface area contributed by atoms with Crippen LogP contribution in [0.15, 0.2) is 65.7 Å². The average molecular weight is 478 g/mol. The Labute approximate surface area is 180 Å². The number of nitrogens with zero attached hydrogens (tertiary/aromatic N) is 3. The third-order valence-corrected chi connectivity index (χ3v) is 5.23. The van der Waals surface area contributed by atoms with Gasteiger partial charge in [0.15, 0.2) is 5.96 Å². The van der Waals surface area contributed by atoms with Crippen LogP contribution in [0.3, 0.4) is 0 Å². The minimum absolute atomic E-state index is 0. The van der Waals surface area contributed by atoms with Crippen molar-refractivity contribution in [2.75, 3.05) is 40.8 Å². The van der Waals surface area contributed by atoms with E-state index in [4.69, 9.17) is 0 Å². The highest BCUT2D eigenvalue weighted by atomic mass is 127. The molecule has 0 radical (unpaired) electrons. The Kier molecular flexibility index (Phi) is 8.57. The van der Waals surface area contributed by atoms with E-state index in [1.54, 1.807) is 0 Å². The first-order valence-electron chi connectivity index (χ1n) is 9.41. The maximum Gasteiger partial charge on any atom is 0.193 e. The lowest BCUT2D eigenvalue weighted by Crippen LogP contribution is -2.43. The predicted octanol–water partition coefficient (Wildman–Crippen LogP) is 3.97. The second kappa shape index (κ2) is 10.7. The van der Waals surface area contributed by atoms with Crippen LogP contribution >= 0.6 is 24.0 Å². The summed E-state index contributed by atoms with van der Waals surface area (Å²) in [5.74, 6) is 1.60. The van der Waals surface area contributed by atoms with Crippen molar-refractivity contribution < 1.29 is 0 Å². The second-order valence-electron chi connectivity index (χ2n) is 7.16. The Morgan fingerprint density at radius 3 is 2.33 bits per heavy atom. The molecule has 0 bridgehead atoms. The van der Waals surface area contributed by atoms with E-state index in [-0.39, 0.29) is 24.0 Å². The normalized spacial score (nSPS) is 18.3. The van der Waals surface area contributed by atoms with Gasteiger partial charge in [0.05, 0.1) is 6.04 Å². The van der Waals surface area contributed by atoms with Crippen LogP contribution in [0.5, 0.6) is 0 Å². The Balaban J connectivity index is 0.00000261. The number of likely N-dealkylation sites (tertiary alicyclic amines) is 1. The van der Waals surface area contributed by atoms with Gasteiger partial charge in [-0.05, 0) is 31.6 Å². The average Bonchev–Trinajstić information content (AvgIpc) is 3.16. The summed E-state index contributed by atoms with van der Waals surface area (Å²) in [5.41, 5.74) is 2.75. The zero-order valence-corrected chi connectivity index (χ0v) is 18.8. The number of likely N-dealkylation sites (N-methyl/N-ethyl adjacent to an activating group) is 1. The zero-order valence-electron chi connectivity index (χ0n) is 16.5. The third kappa shape index (κ3) is 5.69. The molecule has 1 aliphatic heterocycles. The number of aliphatic imine (C=N–C) groups is 1. The van der Waals surface area contributed by atoms with Crippen molar-refractivity contribution in [3.63, 3.8) is 0 Å². The fourth-order valence-corrected chi connectivity index (χ4v) is 3.74. The Bertz CT molecular complexity index is 703. The molecular weight excluding hydrogens is 447 g/mol. The molecule has 1 heterocycles. The number of guanidine groups is 1. The van der Waals surface area contributed by atoms with Gasteiger partial charge in [0, 0.05) is 32.6 Å². The maximum absolute atomic E-state index is 4.54. The number of rotatable bonds is 5. The van der Waals surface area contributed by atoms with Gasteiger partial charge in [-0.1, -0.05) is 60.7 Å². The van der Waals surface area contributed by atoms with Crippen LogP contribution in [-0.2, 0) is 0 Å². The first-order chi connectivity index (χ1) is 12.7. The lowest BCUT2D eigenvalue weighted by molar-refractivity contribution is 0.295. The van der Waals surface area contributed by atoms with E-state index < -0.39 is 0 Å². The minimum Gasteiger partial charge on any atom is -0.354 e. The molecule has 1 N–H and O–H groups in total. The molecular formula is C22H31IN4. The standard InChI is InChI=1S/C22H30N4.HI/c1-23-22(24-16-21(25(2)3)19-12-8-5-9-13-19)26-15-14-20(17-26)18-10-6-4-7-11-18;/h4-13,20-21H,14-17H2,1-3H3,(H,23,24);1H. The zero-order chi connectivity index (χ0) is 18.4. The van der Waals surface area contributed by atoms with Gasteiger partial charge >= 0.3 is 0 Å². The summed E-state index contributed by atoms with van der Waals surface area (Å²) in [6, 6.07) is 21.8.